The molecule has 0 saturated heterocycles. The van der Waals surface area contributed by atoms with Crippen LogP contribution in [-0.4, -0.2) is 33.0 Å². The molecule has 170 valence electrons. The first-order valence-electron chi connectivity index (χ1n) is 10.0. The predicted molar refractivity (Wildman–Crippen MR) is 125 cm³/mol. The number of nitro groups is 1. The molecule has 3 aromatic carbocycles. The van der Waals surface area contributed by atoms with Crippen molar-refractivity contribution in [3.63, 3.8) is 0 Å². The van der Waals surface area contributed by atoms with E-state index in [-0.39, 0.29) is 23.1 Å². The van der Waals surface area contributed by atoms with Gasteiger partial charge in [-0.15, -0.1) is 10.8 Å². The SMILES string of the molecule is O=C(CSc1n[nH]c(-c2cccc([N+](=O)[O-])c2)[n+]1-c1ccccc1)NN=Cc1cccc([O-])c1. The minimum Gasteiger partial charge on any atom is -0.872 e. The fraction of sp³-hybridized carbons (Fsp3) is 0.0435. The van der Waals surface area contributed by atoms with Gasteiger partial charge in [-0.2, -0.15) is 9.67 Å². The molecule has 0 aliphatic heterocycles. The van der Waals surface area contributed by atoms with Crippen molar-refractivity contribution in [1.82, 2.24) is 15.6 Å². The summed E-state index contributed by atoms with van der Waals surface area (Å²) in [6.07, 6.45) is 1.39. The molecule has 10 nitrogen and oxygen atoms in total. The zero-order valence-electron chi connectivity index (χ0n) is 17.6. The van der Waals surface area contributed by atoms with Crippen LogP contribution < -0.4 is 15.1 Å². The molecule has 4 rings (SSSR count). The Morgan fingerprint density at radius 3 is 2.68 bits per heavy atom. The molecule has 0 radical (unpaired) electrons. The number of para-hydroxylation sites is 1. The normalized spacial score (nSPS) is 10.9. The van der Waals surface area contributed by atoms with Gasteiger partial charge in [-0.25, -0.2) is 5.43 Å². The first kappa shape index (κ1) is 22.7. The van der Waals surface area contributed by atoms with Crippen molar-refractivity contribution >= 4 is 29.6 Å². The monoisotopic (exact) mass is 474 g/mol. The molecule has 2 N–H and O–H groups in total. The summed E-state index contributed by atoms with van der Waals surface area (Å²) in [4.78, 5) is 23.0. The fourth-order valence-corrected chi connectivity index (χ4v) is 3.87. The molecule has 0 fully saturated rings. The number of nitrogens with zero attached hydrogens (tertiary/aromatic N) is 4. The Balaban J connectivity index is 1.53. The van der Waals surface area contributed by atoms with Crippen LogP contribution in [-0.2, 0) is 4.79 Å². The Labute approximate surface area is 198 Å². The van der Waals surface area contributed by atoms with Crippen molar-refractivity contribution in [3.05, 3.63) is 94.5 Å². The third-order valence-electron chi connectivity index (χ3n) is 4.61. The number of aromatic nitrogens is 3. The van der Waals surface area contributed by atoms with Crippen LogP contribution in [0.4, 0.5) is 5.69 Å². The van der Waals surface area contributed by atoms with Gasteiger partial charge in [0.2, 0.25) is 0 Å². The highest BCUT2D eigenvalue weighted by Gasteiger charge is 2.25. The number of nitro benzene ring substituents is 1. The van der Waals surface area contributed by atoms with Gasteiger partial charge in [0, 0.05) is 12.1 Å². The summed E-state index contributed by atoms with van der Waals surface area (Å²) in [5, 5.41) is 34.2. The number of carbonyl (C=O) groups is 1. The number of non-ortho nitro benzene ring substituents is 1. The highest BCUT2D eigenvalue weighted by molar-refractivity contribution is 7.99. The molecule has 11 heteroatoms. The van der Waals surface area contributed by atoms with Gasteiger partial charge in [-0.3, -0.25) is 14.9 Å². The lowest BCUT2D eigenvalue weighted by Gasteiger charge is -2.05. The molecular weight excluding hydrogens is 456 g/mol. The van der Waals surface area contributed by atoms with Crippen LogP contribution in [0.5, 0.6) is 5.75 Å². The number of nitrogens with one attached hydrogen (secondary N) is 2. The van der Waals surface area contributed by atoms with Gasteiger partial charge in [0.1, 0.15) is 5.69 Å². The number of hydrogen-bond acceptors (Lipinski definition) is 7. The van der Waals surface area contributed by atoms with Crippen LogP contribution in [0.15, 0.2) is 89.1 Å². The highest BCUT2D eigenvalue weighted by atomic mass is 32.2. The molecule has 0 aliphatic carbocycles. The fourth-order valence-electron chi connectivity index (χ4n) is 3.11. The van der Waals surface area contributed by atoms with E-state index in [2.05, 4.69) is 20.7 Å². The Kier molecular flexibility index (Phi) is 6.94. The molecule has 1 aromatic heterocycles. The molecule has 0 aliphatic rings. The number of aromatic amines is 1. The van der Waals surface area contributed by atoms with Crippen LogP contribution >= 0.6 is 11.8 Å². The lowest BCUT2D eigenvalue weighted by molar-refractivity contribution is -0.625. The van der Waals surface area contributed by atoms with Crippen molar-refractivity contribution in [2.24, 2.45) is 5.10 Å². The van der Waals surface area contributed by atoms with Crippen LogP contribution in [0.3, 0.4) is 0 Å². The van der Waals surface area contributed by atoms with Crippen molar-refractivity contribution in [1.29, 1.82) is 0 Å². The summed E-state index contributed by atoms with van der Waals surface area (Å²) in [6.45, 7) is 0. The number of hydrogen-bond donors (Lipinski definition) is 2. The van der Waals surface area contributed by atoms with E-state index in [0.717, 1.165) is 5.69 Å². The van der Waals surface area contributed by atoms with Gasteiger partial charge in [-0.1, -0.05) is 48.5 Å². The van der Waals surface area contributed by atoms with E-state index in [1.165, 1.54) is 42.2 Å². The zero-order chi connectivity index (χ0) is 23.9. The second-order valence-electron chi connectivity index (χ2n) is 6.99. The van der Waals surface area contributed by atoms with Crippen molar-refractivity contribution < 1.29 is 19.4 Å². The second kappa shape index (κ2) is 10.4. The number of rotatable bonds is 8. The van der Waals surface area contributed by atoms with E-state index in [4.69, 9.17) is 0 Å². The van der Waals surface area contributed by atoms with Crippen molar-refractivity contribution in [2.45, 2.75) is 5.16 Å². The minimum absolute atomic E-state index is 0.0188. The maximum atomic E-state index is 12.3. The topological polar surface area (TPSA) is 140 Å². The molecular formula is C23H18N6O4S. The summed E-state index contributed by atoms with van der Waals surface area (Å²) >= 11 is 1.18. The van der Waals surface area contributed by atoms with Crippen LogP contribution in [0.1, 0.15) is 5.56 Å². The molecule has 1 amide bonds. The number of carbonyl (C=O) groups excluding carboxylic acids is 1. The summed E-state index contributed by atoms with van der Waals surface area (Å²) < 4.78 is 1.79. The number of thioether (sulfide) groups is 1. The average Bonchev–Trinajstić information content (AvgIpc) is 3.27. The Hall–Kier alpha value is -4.51. The lowest BCUT2D eigenvalue weighted by Crippen LogP contribution is -2.34. The molecule has 4 aromatic rings. The van der Waals surface area contributed by atoms with E-state index < -0.39 is 4.92 Å². The molecule has 0 atom stereocenters. The first-order valence-corrected chi connectivity index (χ1v) is 11.0. The number of benzene rings is 3. The number of H-pyrrole nitrogens is 1. The van der Waals surface area contributed by atoms with Gasteiger partial charge >= 0.3 is 5.16 Å². The maximum Gasteiger partial charge on any atom is 0.342 e. The smallest absolute Gasteiger partial charge is 0.342 e. The van der Waals surface area contributed by atoms with Gasteiger partial charge < -0.3 is 5.11 Å². The summed E-state index contributed by atoms with van der Waals surface area (Å²) in [6, 6.07) is 21.7. The van der Waals surface area contributed by atoms with E-state index in [0.29, 0.717) is 22.1 Å². The van der Waals surface area contributed by atoms with E-state index in [9.17, 15) is 20.0 Å². The van der Waals surface area contributed by atoms with Crippen LogP contribution in [0.25, 0.3) is 17.1 Å². The molecule has 0 unspecified atom stereocenters. The molecule has 0 saturated carbocycles. The van der Waals surface area contributed by atoms with E-state index in [1.807, 2.05) is 30.3 Å². The Morgan fingerprint density at radius 2 is 1.91 bits per heavy atom. The average molecular weight is 475 g/mol. The minimum atomic E-state index is -0.458. The van der Waals surface area contributed by atoms with Gasteiger partial charge in [0.15, 0.2) is 0 Å². The summed E-state index contributed by atoms with van der Waals surface area (Å²) in [5.74, 6) is 0.0482. The molecule has 1 heterocycles. The standard InChI is InChI=1S/C23H18N6O4S/c30-20-11-4-6-16(12-20)14-24-25-21(31)15-34-23-27-26-22(28(23)18-8-2-1-3-9-18)17-7-5-10-19(13-17)29(32)33/h1-14H,15H2,(H2,25,30,31). The van der Waals surface area contributed by atoms with Gasteiger partial charge in [0.25, 0.3) is 17.4 Å². The third kappa shape index (κ3) is 5.45. The largest absolute Gasteiger partial charge is 0.872 e. The van der Waals surface area contributed by atoms with Crippen molar-refractivity contribution in [2.75, 3.05) is 5.75 Å². The summed E-state index contributed by atoms with van der Waals surface area (Å²) in [7, 11) is 0. The lowest BCUT2D eigenvalue weighted by atomic mass is 10.2. The van der Waals surface area contributed by atoms with Crippen LogP contribution in [0, 0.1) is 10.1 Å². The van der Waals surface area contributed by atoms with Gasteiger partial charge in [0.05, 0.1) is 27.6 Å². The molecule has 0 spiro atoms. The van der Waals surface area contributed by atoms with Gasteiger partial charge in [-0.05, 0) is 35.5 Å². The zero-order valence-corrected chi connectivity index (χ0v) is 18.4. The summed E-state index contributed by atoms with van der Waals surface area (Å²) in [5.41, 5.74) is 4.31. The highest BCUT2D eigenvalue weighted by Crippen LogP contribution is 2.23. The first-order chi connectivity index (χ1) is 16.5. The van der Waals surface area contributed by atoms with E-state index >= 15 is 0 Å². The van der Waals surface area contributed by atoms with Crippen LogP contribution in [0.2, 0.25) is 0 Å². The van der Waals surface area contributed by atoms with Crippen molar-refractivity contribution in [3.8, 4) is 22.8 Å². The Morgan fingerprint density at radius 1 is 1.12 bits per heavy atom. The molecule has 0 bridgehead atoms. The second-order valence-corrected chi connectivity index (χ2v) is 7.93. The van der Waals surface area contributed by atoms with E-state index in [1.54, 1.807) is 28.8 Å². The predicted octanol–water partition coefficient (Wildman–Crippen LogP) is 2.58. The number of hydrazone groups is 1. The third-order valence-corrected chi connectivity index (χ3v) is 5.55. The number of amides is 1. The molecule has 34 heavy (non-hydrogen) atoms. The quantitative estimate of drug-likeness (QED) is 0.132. The maximum absolute atomic E-state index is 12.3. The Bertz CT molecular complexity index is 1360.